The van der Waals surface area contributed by atoms with E-state index in [9.17, 15) is 0 Å². The Morgan fingerprint density at radius 3 is 2.10 bits per heavy atom. The van der Waals surface area contributed by atoms with E-state index in [2.05, 4.69) is 20.8 Å². The van der Waals surface area contributed by atoms with Crippen LogP contribution in [-0.2, 0) is 4.74 Å². The van der Waals surface area contributed by atoms with E-state index in [1.165, 1.54) is 0 Å². The van der Waals surface area contributed by atoms with Gasteiger partial charge in [-0.3, -0.25) is 0 Å². The standard InChI is InChI=1S/C8H16O2/c1-7(2,3)6-8(4,5-9)10-6/h6,9H,5H2,1-4H3/t6-,8-/m0/s1. The molecule has 1 rings (SSSR count). The Morgan fingerprint density at radius 2 is 2.00 bits per heavy atom. The summed E-state index contributed by atoms with van der Waals surface area (Å²) in [6.07, 6.45) is 0.227. The summed E-state index contributed by atoms with van der Waals surface area (Å²) in [4.78, 5) is 0. The van der Waals surface area contributed by atoms with Crippen molar-refractivity contribution in [1.29, 1.82) is 0 Å². The Hall–Kier alpha value is -0.0800. The van der Waals surface area contributed by atoms with E-state index >= 15 is 0 Å². The molecule has 0 aliphatic carbocycles. The third-order valence-corrected chi connectivity index (χ3v) is 1.98. The SMILES string of the molecule is CC(C)(C)[C@@H]1O[C@@]1(C)CO. The van der Waals surface area contributed by atoms with Gasteiger partial charge in [0, 0.05) is 0 Å². The van der Waals surface area contributed by atoms with Crippen LogP contribution in [0.2, 0.25) is 0 Å². The van der Waals surface area contributed by atoms with Crippen LogP contribution < -0.4 is 0 Å². The predicted molar refractivity (Wildman–Crippen MR) is 39.8 cm³/mol. The van der Waals surface area contributed by atoms with E-state index in [0.717, 1.165) is 0 Å². The van der Waals surface area contributed by atoms with Crippen LogP contribution in [0.15, 0.2) is 0 Å². The summed E-state index contributed by atoms with van der Waals surface area (Å²) >= 11 is 0. The highest BCUT2D eigenvalue weighted by atomic mass is 16.6. The first-order valence-electron chi connectivity index (χ1n) is 3.69. The Kier molecular flexibility index (Phi) is 1.57. The first-order valence-corrected chi connectivity index (χ1v) is 3.69. The summed E-state index contributed by atoms with van der Waals surface area (Å²) in [5, 5.41) is 8.87. The van der Waals surface area contributed by atoms with Crippen molar-refractivity contribution in [1.82, 2.24) is 0 Å². The van der Waals surface area contributed by atoms with E-state index in [1.807, 2.05) is 6.92 Å². The fourth-order valence-corrected chi connectivity index (χ4v) is 1.45. The first kappa shape index (κ1) is 8.02. The largest absolute Gasteiger partial charge is 0.393 e. The smallest absolute Gasteiger partial charge is 0.115 e. The molecule has 1 fully saturated rings. The van der Waals surface area contributed by atoms with Gasteiger partial charge in [0.1, 0.15) is 5.60 Å². The van der Waals surface area contributed by atoms with E-state index in [1.54, 1.807) is 0 Å². The molecule has 2 nitrogen and oxygen atoms in total. The third-order valence-electron chi connectivity index (χ3n) is 1.98. The lowest BCUT2D eigenvalue weighted by Crippen LogP contribution is -2.24. The molecule has 1 aliphatic rings. The number of aliphatic hydroxyl groups is 1. The van der Waals surface area contributed by atoms with Crippen molar-refractivity contribution in [3.8, 4) is 0 Å². The van der Waals surface area contributed by atoms with Crippen LogP contribution in [0.1, 0.15) is 27.7 Å². The molecular formula is C8H16O2. The maximum atomic E-state index is 8.87. The van der Waals surface area contributed by atoms with Gasteiger partial charge in [0.05, 0.1) is 12.7 Å². The molecule has 60 valence electrons. The van der Waals surface area contributed by atoms with Crippen molar-refractivity contribution in [2.45, 2.75) is 39.4 Å². The van der Waals surface area contributed by atoms with Gasteiger partial charge in [-0.25, -0.2) is 0 Å². The second-order valence-electron chi connectivity index (χ2n) is 4.33. The third kappa shape index (κ3) is 1.18. The Morgan fingerprint density at radius 1 is 1.50 bits per heavy atom. The Bertz CT molecular complexity index is 137. The molecule has 2 heteroatoms. The topological polar surface area (TPSA) is 32.8 Å². The van der Waals surface area contributed by atoms with Crippen LogP contribution in [0, 0.1) is 5.41 Å². The Labute approximate surface area is 62.2 Å². The summed E-state index contributed by atoms with van der Waals surface area (Å²) in [6.45, 7) is 8.45. The number of ether oxygens (including phenoxy) is 1. The lowest BCUT2D eigenvalue weighted by molar-refractivity contribution is 0.182. The van der Waals surface area contributed by atoms with Crippen molar-refractivity contribution in [3.05, 3.63) is 0 Å². The van der Waals surface area contributed by atoms with E-state index in [0.29, 0.717) is 0 Å². The molecule has 2 atom stereocenters. The van der Waals surface area contributed by atoms with Crippen molar-refractivity contribution < 1.29 is 9.84 Å². The fourth-order valence-electron chi connectivity index (χ4n) is 1.45. The maximum absolute atomic E-state index is 8.87. The summed E-state index contributed by atoms with van der Waals surface area (Å²) in [6, 6.07) is 0. The Balaban J connectivity index is 2.52. The minimum Gasteiger partial charge on any atom is -0.393 e. The summed E-state index contributed by atoms with van der Waals surface area (Å²) < 4.78 is 5.37. The monoisotopic (exact) mass is 144 g/mol. The van der Waals surface area contributed by atoms with Gasteiger partial charge in [-0.15, -0.1) is 0 Å². The summed E-state index contributed by atoms with van der Waals surface area (Å²) in [5.74, 6) is 0. The quantitative estimate of drug-likeness (QED) is 0.560. The van der Waals surface area contributed by atoms with E-state index in [4.69, 9.17) is 9.84 Å². The predicted octanol–water partition coefficient (Wildman–Crippen LogP) is 1.18. The number of epoxide rings is 1. The highest BCUT2D eigenvalue weighted by molar-refractivity contribution is 5.04. The van der Waals surface area contributed by atoms with Crippen LogP contribution in [-0.4, -0.2) is 23.4 Å². The molecule has 0 aromatic carbocycles. The van der Waals surface area contributed by atoms with Gasteiger partial charge >= 0.3 is 0 Å². The number of hydrogen-bond donors (Lipinski definition) is 1. The molecule has 0 unspecified atom stereocenters. The van der Waals surface area contributed by atoms with Gasteiger partial charge in [-0.1, -0.05) is 20.8 Å². The zero-order chi connectivity index (χ0) is 7.99. The van der Waals surface area contributed by atoms with Crippen molar-refractivity contribution >= 4 is 0 Å². The van der Waals surface area contributed by atoms with E-state index < -0.39 is 0 Å². The zero-order valence-corrected chi connectivity index (χ0v) is 7.14. The fraction of sp³-hybridized carbons (Fsp3) is 1.00. The summed E-state index contributed by atoms with van der Waals surface area (Å²) in [5.41, 5.74) is -0.0876. The van der Waals surface area contributed by atoms with Gasteiger partial charge in [-0.2, -0.15) is 0 Å². The lowest BCUT2D eigenvalue weighted by atomic mass is 9.86. The average molecular weight is 144 g/mol. The van der Waals surface area contributed by atoms with Crippen LogP contribution in [0.25, 0.3) is 0 Å². The number of rotatable bonds is 1. The van der Waals surface area contributed by atoms with Crippen LogP contribution in [0.4, 0.5) is 0 Å². The van der Waals surface area contributed by atoms with Gasteiger partial charge < -0.3 is 9.84 Å². The van der Waals surface area contributed by atoms with E-state index in [-0.39, 0.29) is 23.7 Å². The van der Waals surface area contributed by atoms with Gasteiger partial charge in [0.15, 0.2) is 0 Å². The van der Waals surface area contributed by atoms with Crippen molar-refractivity contribution in [3.63, 3.8) is 0 Å². The van der Waals surface area contributed by atoms with Crippen molar-refractivity contribution in [2.24, 2.45) is 5.41 Å². The molecule has 10 heavy (non-hydrogen) atoms. The second kappa shape index (κ2) is 1.95. The normalized spacial score (nSPS) is 39.9. The second-order valence-corrected chi connectivity index (χ2v) is 4.33. The molecule has 0 aromatic rings. The zero-order valence-electron chi connectivity index (χ0n) is 7.14. The molecule has 0 bridgehead atoms. The van der Waals surface area contributed by atoms with Gasteiger partial charge in [-0.05, 0) is 12.3 Å². The molecule has 0 saturated carbocycles. The van der Waals surface area contributed by atoms with Gasteiger partial charge in [0.2, 0.25) is 0 Å². The molecular weight excluding hydrogens is 128 g/mol. The number of aliphatic hydroxyl groups excluding tert-OH is 1. The molecule has 0 amide bonds. The summed E-state index contributed by atoms with van der Waals surface area (Å²) in [7, 11) is 0. The highest BCUT2D eigenvalue weighted by Gasteiger charge is 2.57. The first-order chi connectivity index (χ1) is 4.40. The molecule has 0 aromatic heterocycles. The average Bonchev–Trinajstić information content (AvgIpc) is 2.43. The maximum Gasteiger partial charge on any atom is 0.115 e. The minimum atomic E-state index is -0.252. The molecule has 0 radical (unpaired) electrons. The van der Waals surface area contributed by atoms with Crippen LogP contribution >= 0.6 is 0 Å². The van der Waals surface area contributed by atoms with Crippen LogP contribution in [0.5, 0.6) is 0 Å². The highest BCUT2D eigenvalue weighted by Crippen LogP contribution is 2.46. The van der Waals surface area contributed by atoms with Gasteiger partial charge in [0.25, 0.3) is 0 Å². The molecule has 1 aliphatic heterocycles. The minimum absolute atomic E-state index is 0.134. The van der Waals surface area contributed by atoms with Crippen LogP contribution in [0.3, 0.4) is 0 Å². The van der Waals surface area contributed by atoms with Crippen molar-refractivity contribution in [2.75, 3.05) is 6.61 Å². The number of hydrogen-bond acceptors (Lipinski definition) is 2. The molecule has 0 spiro atoms. The molecule has 1 saturated heterocycles. The lowest BCUT2D eigenvalue weighted by Gasteiger charge is -2.16. The molecule has 1 heterocycles. The molecule has 1 N–H and O–H groups in total.